The van der Waals surface area contributed by atoms with Crippen LogP contribution >= 0.6 is 0 Å². The molecule has 1 N–H and O–H groups in total. The monoisotopic (exact) mass is 294 g/mol. The van der Waals surface area contributed by atoms with Gasteiger partial charge in [-0.05, 0) is 30.9 Å². The number of aryl methyl sites for hydroxylation is 1. The van der Waals surface area contributed by atoms with E-state index in [1.807, 2.05) is 10.8 Å². The molecular weight excluding hydrogens is 274 g/mol. The fraction of sp³-hybridized carbons (Fsp3) is 0.500. The molecule has 0 saturated heterocycles. The number of halogens is 2. The van der Waals surface area contributed by atoms with Crippen molar-refractivity contribution in [2.75, 3.05) is 13.7 Å². The number of hydrogen-bond donors (Lipinski definition) is 1. The number of rotatable bonds is 7. The summed E-state index contributed by atoms with van der Waals surface area (Å²) in [6.45, 7) is 2.08. The van der Waals surface area contributed by atoms with Gasteiger partial charge in [-0.25, -0.2) is 8.78 Å². The van der Waals surface area contributed by atoms with Crippen LogP contribution in [0.1, 0.15) is 24.8 Å². The summed E-state index contributed by atoms with van der Waals surface area (Å²) in [5, 5.41) is 4.22. The summed E-state index contributed by atoms with van der Waals surface area (Å²) in [5.74, 6) is -1.58. The molecule has 2 aromatic rings. The van der Waals surface area contributed by atoms with E-state index in [1.165, 1.54) is 25.0 Å². The fourth-order valence-electron chi connectivity index (χ4n) is 2.61. The molecule has 0 aliphatic heterocycles. The van der Waals surface area contributed by atoms with E-state index >= 15 is 0 Å². The number of fused-ring (bicyclic) bond motifs is 1. The highest BCUT2D eigenvalue weighted by atomic mass is 19.2. The van der Waals surface area contributed by atoms with Crippen molar-refractivity contribution in [3.63, 3.8) is 0 Å². The lowest BCUT2D eigenvalue weighted by atomic mass is 10.1. The van der Waals surface area contributed by atoms with E-state index in [1.54, 1.807) is 7.11 Å². The third-order valence-electron chi connectivity index (χ3n) is 3.91. The molecule has 0 atom stereocenters. The summed E-state index contributed by atoms with van der Waals surface area (Å²) < 4.78 is 34.1. The van der Waals surface area contributed by atoms with E-state index in [2.05, 4.69) is 5.32 Å². The summed E-state index contributed by atoms with van der Waals surface area (Å²) in [7, 11) is 1.66. The molecule has 1 aliphatic carbocycles. The van der Waals surface area contributed by atoms with Gasteiger partial charge in [0.25, 0.3) is 0 Å². The molecule has 0 amide bonds. The lowest BCUT2D eigenvalue weighted by Gasteiger charge is -2.05. The molecule has 1 aromatic carbocycles. The quantitative estimate of drug-likeness (QED) is 0.794. The van der Waals surface area contributed by atoms with Gasteiger partial charge in [0.15, 0.2) is 11.6 Å². The van der Waals surface area contributed by atoms with E-state index in [4.69, 9.17) is 4.74 Å². The van der Waals surface area contributed by atoms with Gasteiger partial charge in [-0.3, -0.25) is 0 Å². The summed E-state index contributed by atoms with van der Waals surface area (Å²) in [6, 6.07) is 3.18. The molecule has 0 unspecified atom stereocenters. The molecule has 0 spiro atoms. The Labute approximate surface area is 122 Å². The Morgan fingerprint density at radius 3 is 2.76 bits per heavy atom. The second-order valence-corrected chi connectivity index (χ2v) is 5.63. The van der Waals surface area contributed by atoms with Crippen molar-refractivity contribution in [3.05, 3.63) is 35.5 Å². The van der Waals surface area contributed by atoms with Crippen molar-refractivity contribution in [2.45, 2.75) is 38.4 Å². The molecule has 3 nitrogen and oxygen atoms in total. The maximum absolute atomic E-state index is 13.5. The Balaban J connectivity index is 1.90. The lowest BCUT2D eigenvalue weighted by molar-refractivity contribution is 0.190. The molecule has 21 heavy (non-hydrogen) atoms. The number of methoxy groups -OCH3 is 1. The van der Waals surface area contributed by atoms with E-state index in [9.17, 15) is 8.78 Å². The molecule has 1 fully saturated rings. The van der Waals surface area contributed by atoms with Crippen LogP contribution in [0.25, 0.3) is 10.9 Å². The van der Waals surface area contributed by atoms with Crippen molar-refractivity contribution in [1.29, 1.82) is 0 Å². The highest BCUT2D eigenvalue weighted by molar-refractivity contribution is 5.84. The number of nitrogens with one attached hydrogen (secondary N) is 1. The lowest BCUT2D eigenvalue weighted by Crippen LogP contribution is -2.15. The zero-order valence-electron chi connectivity index (χ0n) is 12.2. The van der Waals surface area contributed by atoms with Gasteiger partial charge in [-0.1, -0.05) is 0 Å². The number of ether oxygens (including phenoxy) is 1. The summed E-state index contributed by atoms with van der Waals surface area (Å²) in [6.07, 6.45) is 5.24. The second kappa shape index (κ2) is 6.12. The summed E-state index contributed by atoms with van der Waals surface area (Å²) in [5.41, 5.74) is 1.77. The predicted octanol–water partition coefficient (Wildman–Crippen LogP) is 3.21. The fourth-order valence-corrected chi connectivity index (χ4v) is 2.61. The minimum Gasteiger partial charge on any atom is -0.385 e. The third-order valence-corrected chi connectivity index (χ3v) is 3.91. The molecule has 1 aromatic heterocycles. The summed E-state index contributed by atoms with van der Waals surface area (Å²) in [4.78, 5) is 0. The van der Waals surface area contributed by atoms with Gasteiger partial charge in [-0.15, -0.1) is 0 Å². The predicted molar refractivity (Wildman–Crippen MR) is 78.2 cm³/mol. The molecule has 1 heterocycles. The second-order valence-electron chi connectivity index (χ2n) is 5.63. The number of hydrogen-bond acceptors (Lipinski definition) is 2. The molecule has 1 saturated carbocycles. The zero-order valence-corrected chi connectivity index (χ0v) is 12.2. The number of nitrogens with zero attached hydrogens (tertiary/aromatic N) is 1. The van der Waals surface area contributed by atoms with Crippen LogP contribution in [0.2, 0.25) is 0 Å². The van der Waals surface area contributed by atoms with Crippen LogP contribution in [-0.2, 0) is 17.8 Å². The highest BCUT2D eigenvalue weighted by Crippen LogP contribution is 2.26. The topological polar surface area (TPSA) is 26.2 Å². The molecule has 3 rings (SSSR count). The van der Waals surface area contributed by atoms with E-state index in [0.29, 0.717) is 19.2 Å². The first-order chi connectivity index (χ1) is 10.2. The SMILES string of the molecule is COCCCn1cc(CNC2CC2)c2cc(F)c(F)cc21. The maximum Gasteiger partial charge on any atom is 0.160 e. The van der Waals surface area contributed by atoms with E-state index in [0.717, 1.165) is 29.4 Å². The van der Waals surface area contributed by atoms with Gasteiger partial charge in [-0.2, -0.15) is 0 Å². The van der Waals surface area contributed by atoms with Gasteiger partial charge in [0.05, 0.1) is 5.52 Å². The van der Waals surface area contributed by atoms with Crippen LogP contribution in [0.3, 0.4) is 0 Å². The Bertz CT molecular complexity index is 635. The minimum atomic E-state index is -0.796. The Morgan fingerprint density at radius 2 is 2.05 bits per heavy atom. The first-order valence-electron chi connectivity index (χ1n) is 7.38. The van der Waals surface area contributed by atoms with Crippen molar-refractivity contribution in [3.8, 4) is 0 Å². The minimum absolute atomic E-state index is 0.585. The van der Waals surface area contributed by atoms with Gasteiger partial charge >= 0.3 is 0 Å². The zero-order chi connectivity index (χ0) is 14.8. The average molecular weight is 294 g/mol. The Morgan fingerprint density at radius 1 is 1.29 bits per heavy atom. The molecule has 0 bridgehead atoms. The van der Waals surface area contributed by atoms with E-state index in [-0.39, 0.29) is 0 Å². The third kappa shape index (κ3) is 3.24. The van der Waals surface area contributed by atoms with Crippen LogP contribution in [-0.4, -0.2) is 24.3 Å². The van der Waals surface area contributed by atoms with Gasteiger partial charge in [0, 0.05) is 50.5 Å². The Hall–Kier alpha value is -1.46. The first kappa shape index (κ1) is 14.5. The van der Waals surface area contributed by atoms with Crippen molar-refractivity contribution in [1.82, 2.24) is 9.88 Å². The highest BCUT2D eigenvalue weighted by Gasteiger charge is 2.21. The Kier molecular flexibility index (Phi) is 4.22. The van der Waals surface area contributed by atoms with Crippen LogP contribution in [0.4, 0.5) is 8.78 Å². The molecule has 1 aliphatic rings. The normalized spacial score (nSPS) is 15.0. The largest absolute Gasteiger partial charge is 0.385 e. The van der Waals surface area contributed by atoms with Crippen molar-refractivity contribution < 1.29 is 13.5 Å². The van der Waals surface area contributed by atoms with Gasteiger partial charge in [0.2, 0.25) is 0 Å². The standard InChI is InChI=1S/C16H20F2N2O/c1-21-6-2-5-20-10-11(9-19-12-3-4-12)13-7-14(17)15(18)8-16(13)20/h7-8,10,12,19H,2-6,9H2,1H3. The molecule has 114 valence electrons. The number of aromatic nitrogens is 1. The average Bonchev–Trinajstić information content (AvgIpc) is 3.24. The smallest absolute Gasteiger partial charge is 0.160 e. The molecule has 0 radical (unpaired) electrons. The van der Waals surface area contributed by atoms with Crippen molar-refractivity contribution in [2.24, 2.45) is 0 Å². The number of benzene rings is 1. The summed E-state index contributed by atoms with van der Waals surface area (Å²) >= 11 is 0. The van der Waals surface area contributed by atoms with E-state index < -0.39 is 11.6 Å². The van der Waals surface area contributed by atoms with Crippen LogP contribution in [0.5, 0.6) is 0 Å². The molecular formula is C16H20F2N2O. The van der Waals surface area contributed by atoms with Gasteiger partial charge in [0.1, 0.15) is 0 Å². The maximum atomic E-state index is 13.5. The van der Waals surface area contributed by atoms with Gasteiger partial charge < -0.3 is 14.6 Å². The van der Waals surface area contributed by atoms with Crippen LogP contribution in [0, 0.1) is 11.6 Å². The van der Waals surface area contributed by atoms with Crippen LogP contribution in [0.15, 0.2) is 18.3 Å². The van der Waals surface area contributed by atoms with Crippen LogP contribution < -0.4 is 5.32 Å². The van der Waals surface area contributed by atoms with Crippen molar-refractivity contribution >= 4 is 10.9 Å². The molecule has 5 heteroatoms. The first-order valence-corrected chi connectivity index (χ1v) is 7.38.